The third-order valence-corrected chi connectivity index (χ3v) is 4.43. The predicted octanol–water partition coefficient (Wildman–Crippen LogP) is 4.39. The van der Waals surface area contributed by atoms with Gasteiger partial charge in [-0.05, 0) is 48.7 Å². The molecule has 0 bridgehead atoms. The number of nitrogens with zero attached hydrogens (tertiary/aromatic N) is 2. The lowest BCUT2D eigenvalue weighted by Gasteiger charge is -2.27. The minimum atomic E-state index is -0.576. The number of hydrogen-bond donors (Lipinski definition) is 0. The molecule has 0 saturated heterocycles. The summed E-state index contributed by atoms with van der Waals surface area (Å²) in [4.78, 5) is 19.1. The SMILES string of the molecule is Cc1ccccc1CN(Cc1cccnc1)C(=O)C(C)Oc1ccccc1. The van der Waals surface area contributed by atoms with Gasteiger partial charge in [0.05, 0.1) is 0 Å². The van der Waals surface area contributed by atoms with Crippen molar-refractivity contribution in [1.29, 1.82) is 0 Å². The maximum atomic E-state index is 13.1. The summed E-state index contributed by atoms with van der Waals surface area (Å²) in [5, 5.41) is 0. The van der Waals surface area contributed by atoms with Crippen LogP contribution in [0.1, 0.15) is 23.6 Å². The molecule has 0 radical (unpaired) electrons. The maximum Gasteiger partial charge on any atom is 0.263 e. The fourth-order valence-corrected chi connectivity index (χ4v) is 2.93. The molecule has 0 spiro atoms. The van der Waals surface area contributed by atoms with Crippen LogP contribution in [-0.2, 0) is 17.9 Å². The Morgan fingerprint density at radius 3 is 2.44 bits per heavy atom. The molecule has 1 aromatic heterocycles. The highest BCUT2D eigenvalue weighted by Gasteiger charge is 2.23. The van der Waals surface area contributed by atoms with Gasteiger partial charge in [0.1, 0.15) is 5.75 Å². The van der Waals surface area contributed by atoms with Gasteiger partial charge in [-0.2, -0.15) is 0 Å². The van der Waals surface area contributed by atoms with Gasteiger partial charge in [0.15, 0.2) is 6.10 Å². The maximum absolute atomic E-state index is 13.1. The van der Waals surface area contributed by atoms with Gasteiger partial charge in [0.2, 0.25) is 0 Å². The number of carbonyl (C=O) groups is 1. The largest absolute Gasteiger partial charge is 0.481 e. The van der Waals surface area contributed by atoms with E-state index in [2.05, 4.69) is 24.0 Å². The summed E-state index contributed by atoms with van der Waals surface area (Å²) in [5.41, 5.74) is 3.28. The summed E-state index contributed by atoms with van der Waals surface area (Å²) in [6.07, 6.45) is 2.95. The zero-order valence-corrected chi connectivity index (χ0v) is 15.7. The molecule has 1 atom stereocenters. The first-order valence-corrected chi connectivity index (χ1v) is 9.07. The van der Waals surface area contributed by atoms with Crippen LogP contribution in [0.5, 0.6) is 5.75 Å². The molecule has 0 aliphatic carbocycles. The van der Waals surface area contributed by atoms with Crippen molar-refractivity contribution in [3.05, 3.63) is 95.8 Å². The van der Waals surface area contributed by atoms with Crippen molar-refractivity contribution < 1.29 is 9.53 Å². The van der Waals surface area contributed by atoms with Crippen LogP contribution in [0, 0.1) is 6.92 Å². The quantitative estimate of drug-likeness (QED) is 0.628. The van der Waals surface area contributed by atoms with E-state index in [1.54, 1.807) is 19.3 Å². The van der Waals surface area contributed by atoms with Crippen LogP contribution in [-0.4, -0.2) is 21.9 Å². The van der Waals surface area contributed by atoms with E-state index in [1.807, 2.05) is 59.5 Å². The molecule has 0 aliphatic rings. The van der Waals surface area contributed by atoms with Gasteiger partial charge in [-0.1, -0.05) is 48.5 Å². The van der Waals surface area contributed by atoms with Crippen molar-refractivity contribution in [3.8, 4) is 5.75 Å². The number of aryl methyl sites for hydroxylation is 1. The minimum Gasteiger partial charge on any atom is -0.481 e. The lowest BCUT2D eigenvalue weighted by Crippen LogP contribution is -2.39. The Labute approximate surface area is 160 Å². The van der Waals surface area contributed by atoms with Crippen molar-refractivity contribution in [2.24, 2.45) is 0 Å². The summed E-state index contributed by atoms with van der Waals surface area (Å²) in [5.74, 6) is 0.640. The number of para-hydroxylation sites is 1. The summed E-state index contributed by atoms with van der Waals surface area (Å²) < 4.78 is 5.86. The average molecular weight is 360 g/mol. The Hall–Kier alpha value is -3.14. The van der Waals surface area contributed by atoms with Crippen molar-refractivity contribution in [3.63, 3.8) is 0 Å². The standard InChI is InChI=1S/C23H24N2O2/c1-18-9-6-7-11-21(18)17-25(16-20-10-8-14-24-15-20)23(26)19(2)27-22-12-4-3-5-13-22/h3-15,19H,16-17H2,1-2H3. The fraction of sp³-hybridized carbons (Fsp3) is 0.217. The molecule has 0 saturated carbocycles. The monoisotopic (exact) mass is 360 g/mol. The number of hydrogen-bond acceptors (Lipinski definition) is 3. The first-order chi connectivity index (χ1) is 13.1. The van der Waals surface area contributed by atoms with Crippen molar-refractivity contribution in [2.75, 3.05) is 0 Å². The predicted molar refractivity (Wildman–Crippen MR) is 106 cm³/mol. The Kier molecular flexibility index (Phi) is 6.21. The van der Waals surface area contributed by atoms with Crippen LogP contribution in [0.3, 0.4) is 0 Å². The molecule has 3 rings (SSSR count). The summed E-state index contributed by atoms with van der Waals surface area (Å²) in [7, 11) is 0. The number of carbonyl (C=O) groups excluding carboxylic acids is 1. The highest BCUT2D eigenvalue weighted by atomic mass is 16.5. The molecule has 138 valence electrons. The molecule has 0 N–H and O–H groups in total. The van der Waals surface area contributed by atoms with Gasteiger partial charge >= 0.3 is 0 Å². The summed E-state index contributed by atoms with van der Waals surface area (Å²) >= 11 is 0. The Bertz CT molecular complexity index is 866. The highest BCUT2D eigenvalue weighted by molar-refractivity contribution is 5.81. The zero-order valence-electron chi connectivity index (χ0n) is 15.7. The van der Waals surface area contributed by atoms with E-state index in [1.165, 1.54) is 0 Å². The molecule has 4 nitrogen and oxygen atoms in total. The van der Waals surface area contributed by atoms with E-state index in [-0.39, 0.29) is 5.91 Å². The molecule has 4 heteroatoms. The van der Waals surface area contributed by atoms with Gasteiger partial charge in [-0.25, -0.2) is 0 Å². The third kappa shape index (κ3) is 5.17. The number of ether oxygens (including phenoxy) is 1. The normalized spacial score (nSPS) is 11.6. The van der Waals surface area contributed by atoms with E-state index >= 15 is 0 Å². The lowest BCUT2D eigenvalue weighted by molar-refractivity contribution is -0.139. The first kappa shape index (κ1) is 18.6. The number of pyridine rings is 1. The number of benzene rings is 2. The lowest BCUT2D eigenvalue weighted by atomic mass is 10.1. The first-order valence-electron chi connectivity index (χ1n) is 9.07. The van der Waals surface area contributed by atoms with E-state index in [0.29, 0.717) is 18.8 Å². The van der Waals surface area contributed by atoms with E-state index < -0.39 is 6.10 Å². The van der Waals surface area contributed by atoms with Crippen LogP contribution >= 0.6 is 0 Å². The van der Waals surface area contributed by atoms with Gasteiger partial charge in [-0.3, -0.25) is 9.78 Å². The highest BCUT2D eigenvalue weighted by Crippen LogP contribution is 2.17. The summed E-state index contributed by atoms with van der Waals surface area (Å²) in [6, 6.07) is 21.4. The van der Waals surface area contributed by atoms with E-state index in [9.17, 15) is 4.79 Å². The molecule has 1 amide bonds. The second-order valence-corrected chi connectivity index (χ2v) is 6.56. The Morgan fingerprint density at radius 1 is 1.00 bits per heavy atom. The number of aromatic nitrogens is 1. The number of rotatable bonds is 7. The zero-order chi connectivity index (χ0) is 19.1. The molecule has 2 aromatic carbocycles. The molecule has 0 fully saturated rings. The fourth-order valence-electron chi connectivity index (χ4n) is 2.93. The smallest absolute Gasteiger partial charge is 0.263 e. The topological polar surface area (TPSA) is 42.4 Å². The second kappa shape index (κ2) is 8.99. The molecule has 0 aliphatic heterocycles. The third-order valence-electron chi connectivity index (χ3n) is 4.43. The van der Waals surface area contributed by atoms with Gasteiger partial charge < -0.3 is 9.64 Å². The van der Waals surface area contributed by atoms with E-state index in [4.69, 9.17) is 4.74 Å². The molecule has 1 heterocycles. The number of amides is 1. The molecular formula is C23H24N2O2. The molecular weight excluding hydrogens is 336 g/mol. The molecule has 1 unspecified atom stereocenters. The van der Waals surface area contributed by atoms with E-state index in [0.717, 1.165) is 16.7 Å². The summed E-state index contributed by atoms with van der Waals surface area (Å²) in [6.45, 7) is 4.88. The van der Waals surface area contributed by atoms with Gasteiger partial charge in [0.25, 0.3) is 5.91 Å². The van der Waals surface area contributed by atoms with Crippen LogP contribution < -0.4 is 4.74 Å². The Balaban J connectivity index is 1.79. The van der Waals surface area contributed by atoms with Gasteiger partial charge in [0, 0.05) is 25.5 Å². The van der Waals surface area contributed by atoms with Crippen molar-refractivity contribution >= 4 is 5.91 Å². The van der Waals surface area contributed by atoms with Crippen LogP contribution in [0.4, 0.5) is 0 Å². The van der Waals surface area contributed by atoms with Crippen LogP contribution in [0.25, 0.3) is 0 Å². The average Bonchev–Trinajstić information content (AvgIpc) is 2.70. The Morgan fingerprint density at radius 2 is 1.74 bits per heavy atom. The molecule has 3 aromatic rings. The van der Waals surface area contributed by atoms with Gasteiger partial charge in [-0.15, -0.1) is 0 Å². The van der Waals surface area contributed by atoms with Crippen molar-refractivity contribution in [2.45, 2.75) is 33.0 Å². The van der Waals surface area contributed by atoms with Crippen molar-refractivity contribution in [1.82, 2.24) is 9.88 Å². The second-order valence-electron chi connectivity index (χ2n) is 6.56. The molecule has 27 heavy (non-hydrogen) atoms. The van der Waals surface area contributed by atoms with Crippen LogP contribution in [0.2, 0.25) is 0 Å². The minimum absolute atomic E-state index is 0.0500. The van der Waals surface area contributed by atoms with Crippen LogP contribution in [0.15, 0.2) is 79.1 Å².